The number of carbonyl (C=O) groups is 2. The van der Waals surface area contributed by atoms with Crippen molar-refractivity contribution < 1.29 is 14.0 Å². The molecule has 0 fully saturated rings. The molecule has 0 aliphatic carbocycles. The lowest BCUT2D eigenvalue weighted by molar-refractivity contribution is -0.123. The molecule has 3 aromatic carbocycles. The van der Waals surface area contributed by atoms with Crippen molar-refractivity contribution in [3.63, 3.8) is 0 Å². The van der Waals surface area contributed by atoms with Crippen molar-refractivity contribution in [3.05, 3.63) is 94.3 Å². The van der Waals surface area contributed by atoms with E-state index in [1.807, 2.05) is 38.1 Å². The largest absolute Gasteiger partial charge is 0.325 e. The number of hydrogen-bond donors (Lipinski definition) is 1. The van der Waals surface area contributed by atoms with E-state index in [1.165, 1.54) is 16.5 Å². The van der Waals surface area contributed by atoms with Gasteiger partial charge in [0, 0.05) is 21.8 Å². The van der Waals surface area contributed by atoms with Gasteiger partial charge in [-0.15, -0.1) is 0 Å². The maximum Gasteiger partial charge on any atom is 0.252 e. The zero-order chi connectivity index (χ0) is 26.7. The van der Waals surface area contributed by atoms with Crippen LogP contribution in [0.15, 0.2) is 71.7 Å². The molecule has 1 N–H and O–H groups in total. The summed E-state index contributed by atoms with van der Waals surface area (Å²) in [4.78, 5) is 33.3. The Kier molecular flexibility index (Phi) is 8.08. The second kappa shape index (κ2) is 11.3. The lowest BCUT2D eigenvalue weighted by Crippen LogP contribution is -2.44. The Labute approximate surface area is 222 Å². The number of nitrogens with zero attached hydrogens (tertiary/aromatic N) is 2. The summed E-state index contributed by atoms with van der Waals surface area (Å²) < 4.78 is 15.0. The molecule has 0 radical (unpaired) electrons. The summed E-state index contributed by atoms with van der Waals surface area (Å²) in [6, 6.07) is 18.2. The van der Waals surface area contributed by atoms with Gasteiger partial charge in [0.2, 0.25) is 5.91 Å². The molecule has 1 aliphatic rings. The van der Waals surface area contributed by atoms with Crippen LogP contribution in [-0.2, 0) is 9.59 Å². The van der Waals surface area contributed by atoms with E-state index < -0.39 is 11.9 Å². The second-order valence-corrected chi connectivity index (χ2v) is 10.1. The van der Waals surface area contributed by atoms with Crippen LogP contribution >= 0.6 is 11.6 Å². The van der Waals surface area contributed by atoms with Gasteiger partial charge >= 0.3 is 0 Å². The van der Waals surface area contributed by atoms with Gasteiger partial charge in [0.15, 0.2) is 0 Å². The summed E-state index contributed by atoms with van der Waals surface area (Å²) in [6.07, 6.45) is 0.684. The maximum atomic E-state index is 15.0. The van der Waals surface area contributed by atoms with Crippen LogP contribution < -0.4 is 10.2 Å². The zero-order valence-electron chi connectivity index (χ0n) is 21.5. The van der Waals surface area contributed by atoms with Crippen LogP contribution in [0.2, 0.25) is 5.02 Å². The number of fused-ring (bicyclic) bond motifs is 1. The molecule has 192 valence electrons. The first-order chi connectivity index (χ1) is 17.7. The minimum atomic E-state index is -0.788. The third-order valence-electron chi connectivity index (χ3n) is 6.77. The molecule has 7 heteroatoms. The van der Waals surface area contributed by atoms with Crippen LogP contribution in [0.3, 0.4) is 0 Å². The van der Waals surface area contributed by atoms with E-state index in [1.54, 1.807) is 36.4 Å². The van der Waals surface area contributed by atoms with E-state index in [0.717, 1.165) is 0 Å². The Bertz CT molecular complexity index is 1340. The lowest BCUT2D eigenvalue weighted by Gasteiger charge is -2.26. The van der Waals surface area contributed by atoms with Crippen molar-refractivity contribution in [2.75, 3.05) is 16.8 Å². The Morgan fingerprint density at radius 1 is 1.05 bits per heavy atom. The topological polar surface area (TPSA) is 61.8 Å². The highest BCUT2D eigenvalue weighted by molar-refractivity contribution is 6.32. The number of benzene rings is 3. The fourth-order valence-electron chi connectivity index (χ4n) is 4.40. The number of anilines is 2. The fourth-order valence-corrected chi connectivity index (χ4v) is 4.57. The van der Waals surface area contributed by atoms with E-state index in [-0.39, 0.29) is 29.8 Å². The van der Waals surface area contributed by atoms with Crippen molar-refractivity contribution in [2.45, 2.75) is 46.1 Å². The lowest BCUT2D eigenvalue weighted by atomic mass is 9.97. The van der Waals surface area contributed by atoms with E-state index in [2.05, 4.69) is 19.2 Å². The molecule has 3 aromatic rings. The Balaban J connectivity index is 1.75. The molecule has 2 atom stereocenters. The van der Waals surface area contributed by atoms with E-state index in [4.69, 9.17) is 16.6 Å². The van der Waals surface area contributed by atoms with Crippen LogP contribution in [0.25, 0.3) is 0 Å². The summed E-state index contributed by atoms with van der Waals surface area (Å²) in [5.74, 6) is -0.853. The number of benzodiazepines with no additional fused rings is 1. The van der Waals surface area contributed by atoms with Crippen LogP contribution in [0.1, 0.15) is 56.7 Å². The molecule has 0 aromatic heterocycles. The van der Waals surface area contributed by atoms with Gasteiger partial charge in [0.1, 0.15) is 18.4 Å². The molecule has 2 amide bonds. The number of nitrogens with one attached hydrogen (secondary N) is 1. The third-order valence-corrected chi connectivity index (χ3v) is 7.00. The Morgan fingerprint density at radius 2 is 1.76 bits per heavy atom. The monoisotopic (exact) mass is 519 g/mol. The van der Waals surface area contributed by atoms with Crippen molar-refractivity contribution in [3.8, 4) is 0 Å². The first-order valence-corrected chi connectivity index (χ1v) is 12.9. The van der Waals surface area contributed by atoms with Gasteiger partial charge in [0.25, 0.3) is 5.91 Å². The molecule has 1 aliphatic heterocycles. The molecule has 4 rings (SSSR count). The number of amides is 2. The summed E-state index contributed by atoms with van der Waals surface area (Å²) >= 11 is 6.35. The van der Waals surface area contributed by atoms with Crippen LogP contribution in [0.5, 0.6) is 0 Å². The first kappa shape index (κ1) is 26.6. The van der Waals surface area contributed by atoms with Crippen molar-refractivity contribution in [2.24, 2.45) is 10.9 Å². The van der Waals surface area contributed by atoms with Gasteiger partial charge in [-0.1, -0.05) is 70.0 Å². The molecular formula is C30H31ClFN3O2. The molecule has 0 saturated carbocycles. The SMILES string of the molecule is CC[C@@H](C)[C@H]1N=C(c2ccccc2F)c2cc(Cl)ccc2N(CC(=O)Nc2ccc(C(C)C)cc2)C1=O. The molecule has 0 spiro atoms. The smallest absolute Gasteiger partial charge is 0.252 e. The number of carbonyl (C=O) groups excluding carboxylic acids is 2. The molecule has 0 unspecified atom stereocenters. The molecule has 1 heterocycles. The predicted octanol–water partition coefficient (Wildman–Crippen LogP) is 6.84. The average Bonchev–Trinajstić information content (AvgIpc) is 2.99. The quantitative estimate of drug-likeness (QED) is 0.371. The van der Waals surface area contributed by atoms with Crippen LogP contribution in [0, 0.1) is 11.7 Å². The van der Waals surface area contributed by atoms with E-state index in [0.29, 0.717) is 40.0 Å². The summed E-state index contributed by atoms with van der Waals surface area (Å²) in [5, 5.41) is 3.32. The van der Waals surface area contributed by atoms with E-state index in [9.17, 15) is 14.0 Å². The van der Waals surface area contributed by atoms with Gasteiger partial charge in [-0.25, -0.2) is 4.39 Å². The molecule has 0 saturated heterocycles. The van der Waals surface area contributed by atoms with Gasteiger partial charge in [-0.2, -0.15) is 0 Å². The number of hydrogen-bond acceptors (Lipinski definition) is 3. The van der Waals surface area contributed by atoms with Gasteiger partial charge in [-0.05, 0) is 59.9 Å². The molecular weight excluding hydrogens is 489 g/mol. The fraction of sp³-hybridized carbons (Fsp3) is 0.300. The number of aliphatic imine (C=N–C) groups is 1. The predicted molar refractivity (Wildman–Crippen MR) is 148 cm³/mol. The van der Waals surface area contributed by atoms with Gasteiger partial charge < -0.3 is 10.2 Å². The van der Waals surface area contributed by atoms with Crippen LogP contribution in [-0.4, -0.2) is 30.1 Å². The van der Waals surface area contributed by atoms with Crippen molar-refractivity contribution >= 4 is 40.5 Å². The molecule has 37 heavy (non-hydrogen) atoms. The van der Waals surface area contributed by atoms with Crippen molar-refractivity contribution in [1.29, 1.82) is 0 Å². The summed E-state index contributed by atoms with van der Waals surface area (Å²) in [7, 11) is 0. The van der Waals surface area contributed by atoms with Gasteiger partial charge in [0.05, 0.1) is 11.4 Å². The Hall–Kier alpha value is -3.51. The highest BCUT2D eigenvalue weighted by Crippen LogP contribution is 2.33. The second-order valence-electron chi connectivity index (χ2n) is 9.70. The highest BCUT2D eigenvalue weighted by atomic mass is 35.5. The minimum absolute atomic E-state index is 0.131. The van der Waals surface area contributed by atoms with E-state index >= 15 is 0 Å². The minimum Gasteiger partial charge on any atom is -0.325 e. The maximum absolute atomic E-state index is 15.0. The number of halogens is 2. The molecule has 5 nitrogen and oxygen atoms in total. The first-order valence-electron chi connectivity index (χ1n) is 12.5. The zero-order valence-corrected chi connectivity index (χ0v) is 22.2. The summed E-state index contributed by atoms with van der Waals surface area (Å²) in [5.41, 5.74) is 3.42. The van der Waals surface area contributed by atoms with Crippen molar-refractivity contribution in [1.82, 2.24) is 0 Å². The standard InChI is InChI=1S/C30H31ClFN3O2/c1-5-19(4)28-30(37)35(17-27(36)33-22-13-10-20(11-14-22)18(2)3)26-15-12-21(31)16-24(26)29(34-28)23-8-6-7-9-25(23)32/h6-16,18-19,28H,5,17H2,1-4H3,(H,33,36)/t19-,28-/m1/s1. The van der Waals surface area contributed by atoms with Crippen LogP contribution in [0.4, 0.5) is 15.8 Å². The number of rotatable bonds is 7. The summed E-state index contributed by atoms with van der Waals surface area (Å²) in [6.45, 7) is 7.90. The van der Waals surface area contributed by atoms with Gasteiger partial charge in [-0.3, -0.25) is 14.6 Å². The molecule has 0 bridgehead atoms. The average molecular weight is 520 g/mol. The Morgan fingerprint density at radius 3 is 2.41 bits per heavy atom. The normalized spacial score (nSPS) is 16.2. The third kappa shape index (κ3) is 5.75. The highest BCUT2D eigenvalue weighted by Gasteiger charge is 2.36.